The number of hydrogen-bond donors (Lipinski definition) is 2. The number of anilines is 1. The van der Waals surface area contributed by atoms with Crippen LogP contribution in [-0.2, 0) is 0 Å². The summed E-state index contributed by atoms with van der Waals surface area (Å²) >= 11 is 0. The van der Waals surface area contributed by atoms with E-state index < -0.39 is 0 Å². The maximum absolute atomic E-state index is 5.76. The zero-order valence-corrected chi connectivity index (χ0v) is 7.53. The Kier molecular flexibility index (Phi) is 1.61. The number of nitrogens with one attached hydrogen (secondary N) is 1. The molecule has 2 heterocycles. The van der Waals surface area contributed by atoms with Crippen LogP contribution < -0.4 is 10.5 Å². The van der Waals surface area contributed by atoms with Crippen LogP contribution in [0.25, 0.3) is 5.65 Å². The van der Waals surface area contributed by atoms with E-state index in [1.54, 1.807) is 4.52 Å². The smallest absolute Gasteiger partial charge is 0.234 e. The monoisotopic (exact) mass is 181 g/mol. The number of nitrogen functional groups attached to an aromatic ring is 1. The molecule has 2 rings (SSSR count). The van der Waals surface area contributed by atoms with E-state index in [1.165, 1.54) is 0 Å². The average Bonchev–Trinajstić information content (AvgIpc) is 2.59. The van der Waals surface area contributed by atoms with Gasteiger partial charge in [0.05, 0.1) is 6.61 Å². The molecule has 0 spiro atoms. The van der Waals surface area contributed by atoms with E-state index in [0.29, 0.717) is 23.8 Å². The fraction of sp³-hybridized carbons (Fsp3) is 0.429. The molecule has 2 aromatic rings. The van der Waals surface area contributed by atoms with Gasteiger partial charge in [-0.15, -0.1) is 10.2 Å². The summed E-state index contributed by atoms with van der Waals surface area (Å²) in [6, 6.07) is 0. The van der Waals surface area contributed by atoms with Gasteiger partial charge in [-0.1, -0.05) is 0 Å². The molecule has 6 nitrogen and oxygen atoms in total. The summed E-state index contributed by atoms with van der Waals surface area (Å²) in [4.78, 5) is 0. The Morgan fingerprint density at radius 1 is 1.54 bits per heavy atom. The summed E-state index contributed by atoms with van der Waals surface area (Å²) < 4.78 is 6.96. The van der Waals surface area contributed by atoms with Crippen molar-refractivity contribution in [1.82, 2.24) is 19.8 Å². The van der Waals surface area contributed by atoms with Crippen LogP contribution in [0.4, 0.5) is 5.69 Å². The molecule has 0 aliphatic heterocycles. The third-order valence-corrected chi connectivity index (χ3v) is 1.81. The summed E-state index contributed by atoms with van der Waals surface area (Å²) in [5.74, 6) is 1.31. The van der Waals surface area contributed by atoms with Gasteiger partial charge in [0.2, 0.25) is 11.5 Å². The standard InChI is InChI=1S/C7H11N5O/c1-3-13-7-5(8)6-10-9-4(2)12(6)11-7/h11H,3,8H2,1-2H3. The van der Waals surface area contributed by atoms with Gasteiger partial charge in [-0.05, 0) is 13.8 Å². The number of aromatic nitrogens is 4. The third-order valence-electron chi connectivity index (χ3n) is 1.81. The van der Waals surface area contributed by atoms with Crippen molar-refractivity contribution in [2.45, 2.75) is 13.8 Å². The van der Waals surface area contributed by atoms with Gasteiger partial charge in [0.1, 0.15) is 11.5 Å². The van der Waals surface area contributed by atoms with Crippen molar-refractivity contribution in [2.75, 3.05) is 12.3 Å². The number of nitrogens with two attached hydrogens (primary N) is 1. The molecule has 0 saturated heterocycles. The molecule has 0 amide bonds. The van der Waals surface area contributed by atoms with Crippen molar-refractivity contribution in [3.8, 4) is 5.88 Å². The Bertz CT molecular complexity index is 429. The Labute approximate surface area is 74.7 Å². The molecule has 0 saturated carbocycles. The number of hydrogen-bond acceptors (Lipinski definition) is 4. The number of aryl methyl sites for hydroxylation is 1. The number of ether oxygens (including phenoxy) is 1. The molecule has 0 atom stereocenters. The van der Waals surface area contributed by atoms with Crippen molar-refractivity contribution in [3.63, 3.8) is 0 Å². The quantitative estimate of drug-likeness (QED) is 0.700. The van der Waals surface area contributed by atoms with Gasteiger partial charge in [0, 0.05) is 0 Å². The van der Waals surface area contributed by atoms with Crippen molar-refractivity contribution < 1.29 is 4.74 Å². The largest absolute Gasteiger partial charge is 0.477 e. The highest BCUT2D eigenvalue weighted by Crippen LogP contribution is 2.23. The molecular formula is C7H11N5O. The lowest BCUT2D eigenvalue weighted by atomic mass is 10.5. The van der Waals surface area contributed by atoms with Crippen molar-refractivity contribution in [3.05, 3.63) is 5.82 Å². The summed E-state index contributed by atoms with van der Waals surface area (Å²) in [6.07, 6.45) is 0. The van der Waals surface area contributed by atoms with Gasteiger partial charge in [-0.2, -0.15) is 0 Å². The molecular weight excluding hydrogens is 170 g/mol. The first-order valence-electron chi connectivity index (χ1n) is 4.06. The van der Waals surface area contributed by atoms with Gasteiger partial charge >= 0.3 is 0 Å². The number of aromatic amines is 1. The molecule has 2 aromatic heterocycles. The average molecular weight is 181 g/mol. The minimum absolute atomic E-state index is 0.502. The van der Waals surface area contributed by atoms with Crippen molar-refractivity contribution in [2.24, 2.45) is 0 Å². The van der Waals surface area contributed by atoms with E-state index in [0.717, 1.165) is 5.82 Å². The van der Waals surface area contributed by atoms with Gasteiger partial charge in [0.25, 0.3) is 0 Å². The maximum atomic E-state index is 5.76. The van der Waals surface area contributed by atoms with Gasteiger partial charge in [-0.25, -0.2) is 4.52 Å². The highest BCUT2D eigenvalue weighted by molar-refractivity contribution is 5.70. The minimum atomic E-state index is 0.502. The lowest BCUT2D eigenvalue weighted by molar-refractivity contribution is 0.326. The maximum Gasteiger partial charge on any atom is 0.234 e. The topological polar surface area (TPSA) is 81.2 Å². The van der Waals surface area contributed by atoms with E-state index in [4.69, 9.17) is 10.5 Å². The van der Waals surface area contributed by atoms with E-state index in [2.05, 4.69) is 15.3 Å². The second kappa shape index (κ2) is 2.65. The molecule has 3 N–H and O–H groups in total. The fourth-order valence-corrected chi connectivity index (χ4v) is 1.19. The predicted octanol–water partition coefficient (Wildman–Crippen LogP) is 0.347. The first-order valence-corrected chi connectivity index (χ1v) is 4.06. The van der Waals surface area contributed by atoms with Crippen LogP contribution in [0.3, 0.4) is 0 Å². The van der Waals surface area contributed by atoms with Gasteiger partial charge < -0.3 is 10.5 Å². The Morgan fingerprint density at radius 2 is 2.31 bits per heavy atom. The van der Waals surface area contributed by atoms with Crippen LogP contribution >= 0.6 is 0 Å². The molecule has 0 aliphatic rings. The molecule has 0 radical (unpaired) electrons. The third kappa shape index (κ3) is 1.02. The lowest BCUT2D eigenvalue weighted by Crippen LogP contribution is -1.96. The summed E-state index contributed by atoms with van der Waals surface area (Å²) in [5.41, 5.74) is 6.87. The minimum Gasteiger partial charge on any atom is -0.477 e. The second-order valence-corrected chi connectivity index (χ2v) is 2.69. The Hall–Kier alpha value is -1.72. The van der Waals surface area contributed by atoms with Crippen LogP contribution in [0.15, 0.2) is 0 Å². The first-order chi connectivity index (χ1) is 6.24. The summed E-state index contributed by atoms with van der Waals surface area (Å²) in [6.45, 7) is 4.31. The number of rotatable bonds is 2. The summed E-state index contributed by atoms with van der Waals surface area (Å²) in [7, 11) is 0. The molecule has 6 heteroatoms. The molecule has 0 fully saturated rings. The second-order valence-electron chi connectivity index (χ2n) is 2.69. The van der Waals surface area contributed by atoms with Crippen LogP contribution in [0, 0.1) is 6.92 Å². The first kappa shape index (κ1) is 7.90. The molecule has 0 aromatic carbocycles. The number of nitrogens with zero attached hydrogens (tertiary/aromatic N) is 3. The fourth-order valence-electron chi connectivity index (χ4n) is 1.19. The Morgan fingerprint density at radius 3 is 2.92 bits per heavy atom. The molecule has 0 unspecified atom stereocenters. The van der Waals surface area contributed by atoms with Crippen molar-refractivity contribution >= 4 is 11.3 Å². The van der Waals surface area contributed by atoms with Crippen LogP contribution in [0.1, 0.15) is 12.7 Å². The van der Waals surface area contributed by atoms with E-state index in [-0.39, 0.29) is 0 Å². The highest BCUT2D eigenvalue weighted by atomic mass is 16.5. The lowest BCUT2D eigenvalue weighted by Gasteiger charge is -1.98. The zero-order valence-electron chi connectivity index (χ0n) is 7.53. The van der Waals surface area contributed by atoms with Gasteiger partial charge in [0.15, 0.2) is 0 Å². The molecule has 0 bridgehead atoms. The summed E-state index contributed by atoms with van der Waals surface area (Å²) in [5, 5.41) is 10.7. The van der Waals surface area contributed by atoms with E-state index >= 15 is 0 Å². The van der Waals surface area contributed by atoms with Crippen LogP contribution in [-0.4, -0.2) is 26.4 Å². The highest BCUT2D eigenvalue weighted by Gasteiger charge is 2.12. The number of fused-ring (bicyclic) bond motifs is 1. The van der Waals surface area contributed by atoms with Crippen molar-refractivity contribution in [1.29, 1.82) is 0 Å². The van der Waals surface area contributed by atoms with E-state index in [1.807, 2.05) is 13.8 Å². The molecule has 13 heavy (non-hydrogen) atoms. The molecule has 70 valence electrons. The van der Waals surface area contributed by atoms with E-state index in [9.17, 15) is 0 Å². The predicted molar refractivity (Wildman–Crippen MR) is 47.7 cm³/mol. The SMILES string of the molecule is CCOc1[nH]n2c(C)nnc2c1N. The normalized spacial score (nSPS) is 10.9. The van der Waals surface area contributed by atoms with Crippen LogP contribution in [0.5, 0.6) is 5.88 Å². The molecule has 0 aliphatic carbocycles. The zero-order chi connectivity index (χ0) is 9.42. The van der Waals surface area contributed by atoms with Gasteiger partial charge in [-0.3, -0.25) is 5.10 Å². The number of H-pyrrole nitrogens is 1. The Balaban J connectivity index is 2.60. The van der Waals surface area contributed by atoms with Crippen LogP contribution in [0.2, 0.25) is 0 Å².